The molecule has 4 aromatic rings. The van der Waals surface area contributed by atoms with E-state index in [9.17, 15) is 0 Å². The molecule has 0 N–H and O–H groups in total. The molecule has 238 valence electrons. The van der Waals surface area contributed by atoms with Crippen molar-refractivity contribution in [1.82, 2.24) is 0 Å². The number of benzene rings is 4. The van der Waals surface area contributed by atoms with Crippen LogP contribution in [0.15, 0.2) is 152 Å². The van der Waals surface area contributed by atoms with Crippen molar-refractivity contribution >= 4 is 11.4 Å². The van der Waals surface area contributed by atoms with Crippen molar-refractivity contribution in [1.29, 1.82) is 0 Å². The van der Waals surface area contributed by atoms with Gasteiger partial charge in [-0.3, -0.25) is 0 Å². The second-order valence-electron chi connectivity index (χ2n) is 15.4. The van der Waals surface area contributed by atoms with Gasteiger partial charge >= 0.3 is 0 Å². The van der Waals surface area contributed by atoms with Crippen LogP contribution in [0, 0.1) is 5.41 Å². The molecule has 0 aromatic heterocycles. The minimum Gasteiger partial charge on any atom is -0.311 e. The fourth-order valence-electron chi connectivity index (χ4n) is 6.06. The number of hydrogen-bond donors (Lipinski definition) is 0. The first-order valence-corrected chi connectivity index (χ1v) is 16.5. The van der Waals surface area contributed by atoms with Crippen molar-refractivity contribution in [3.63, 3.8) is 0 Å². The number of rotatable bonds is 9. The lowest BCUT2D eigenvalue weighted by atomic mass is 9.72. The molecule has 0 aliphatic carbocycles. The summed E-state index contributed by atoms with van der Waals surface area (Å²) in [5, 5.41) is 0. The van der Waals surface area contributed by atoms with Crippen LogP contribution in [-0.2, 0) is 10.8 Å². The molecule has 0 fully saturated rings. The highest BCUT2D eigenvalue weighted by Crippen LogP contribution is 2.42. The van der Waals surface area contributed by atoms with Crippen LogP contribution >= 0.6 is 0 Å². The van der Waals surface area contributed by atoms with E-state index in [0.717, 1.165) is 17.1 Å². The van der Waals surface area contributed by atoms with Gasteiger partial charge in [0.05, 0.1) is 0 Å². The van der Waals surface area contributed by atoms with Gasteiger partial charge in [0.2, 0.25) is 0 Å². The monoisotopic (exact) mass is 607 g/mol. The highest BCUT2D eigenvalue weighted by molar-refractivity contribution is 5.71. The van der Waals surface area contributed by atoms with Crippen LogP contribution in [0.1, 0.15) is 84.9 Å². The molecule has 0 spiro atoms. The van der Waals surface area contributed by atoms with E-state index in [1.807, 2.05) is 12.2 Å². The quantitative estimate of drug-likeness (QED) is 0.171. The Kier molecular flexibility index (Phi) is 10.5. The van der Waals surface area contributed by atoms with E-state index in [2.05, 4.69) is 196 Å². The summed E-state index contributed by atoms with van der Waals surface area (Å²) < 4.78 is 0. The third-order valence-corrected chi connectivity index (χ3v) is 8.68. The molecule has 0 amide bonds. The third-order valence-electron chi connectivity index (χ3n) is 8.68. The predicted octanol–water partition coefficient (Wildman–Crippen LogP) is 13.1. The van der Waals surface area contributed by atoms with Crippen LogP contribution in [0.3, 0.4) is 0 Å². The number of nitrogens with zero attached hydrogens (tertiary/aromatic N) is 1. The van der Waals surface area contributed by atoms with Gasteiger partial charge in [-0.1, -0.05) is 166 Å². The van der Waals surface area contributed by atoms with Crippen LogP contribution < -0.4 is 4.90 Å². The zero-order valence-corrected chi connectivity index (χ0v) is 29.6. The normalized spacial score (nSPS) is 13.7. The van der Waals surface area contributed by atoms with Crippen molar-refractivity contribution in [3.05, 3.63) is 169 Å². The van der Waals surface area contributed by atoms with Gasteiger partial charge in [-0.05, 0) is 86.1 Å². The topological polar surface area (TPSA) is 3.24 Å². The highest BCUT2D eigenvalue weighted by Gasteiger charge is 2.28. The summed E-state index contributed by atoms with van der Waals surface area (Å²) in [4.78, 5) is 2.30. The second-order valence-corrected chi connectivity index (χ2v) is 15.4. The summed E-state index contributed by atoms with van der Waals surface area (Å²) in [7, 11) is 0. The van der Waals surface area contributed by atoms with E-state index >= 15 is 0 Å². The molecule has 1 heteroatoms. The van der Waals surface area contributed by atoms with Crippen LogP contribution in [-0.4, -0.2) is 0 Å². The molecule has 4 aromatic carbocycles. The molecule has 1 atom stereocenters. The molecule has 46 heavy (non-hydrogen) atoms. The first kappa shape index (κ1) is 34.5. The smallest absolute Gasteiger partial charge is 0.0461 e. The number of anilines is 2. The summed E-state index contributed by atoms with van der Waals surface area (Å²) in [6.07, 6.45) is 8.38. The predicted molar refractivity (Wildman–Crippen MR) is 203 cm³/mol. The van der Waals surface area contributed by atoms with Crippen molar-refractivity contribution in [2.45, 2.75) is 79.1 Å². The fourth-order valence-corrected chi connectivity index (χ4v) is 6.06. The Morgan fingerprint density at radius 1 is 0.543 bits per heavy atom. The van der Waals surface area contributed by atoms with Crippen molar-refractivity contribution in [2.75, 3.05) is 4.90 Å². The maximum Gasteiger partial charge on any atom is 0.0461 e. The lowest BCUT2D eigenvalue weighted by molar-refractivity contribution is 0.358. The van der Waals surface area contributed by atoms with E-state index in [1.165, 1.54) is 33.4 Å². The van der Waals surface area contributed by atoms with Crippen molar-refractivity contribution in [3.8, 4) is 11.1 Å². The van der Waals surface area contributed by atoms with Crippen molar-refractivity contribution < 1.29 is 0 Å². The maximum atomic E-state index is 4.28. The Hall–Kier alpha value is -4.36. The number of hydrogen-bond acceptors (Lipinski definition) is 1. The highest BCUT2D eigenvalue weighted by atomic mass is 15.1. The van der Waals surface area contributed by atoms with Gasteiger partial charge in [-0.15, -0.1) is 0 Å². The fraction of sp³-hybridized carbons (Fsp3) is 0.289. The molecule has 0 saturated carbocycles. The Morgan fingerprint density at radius 2 is 1.00 bits per heavy atom. The lowest BCUT2D eigenvalue weighted by Gasteiger charge is -2.33. The summed E-state index contributed by atoms with van der Waals surface area (Å²) in [6.45, 7) is 29.0. The van der Waals surface area contributed by atoms with Gasteiger partial charge in [0.1, 0.15) is 0 Å². The zero-order valence-electron chi connectivity index (χ0n) is 29.6. The van der Waals surface area contributed by atoms with Gasteiger partial charge in [0.25, 0.3) is 0 Å². The molecule has 4 rings (SSSR count). The van der Waals surface area contributed by atoms with Crippen LogP contribution in [0.25, 0.3) is 11.1 Å². The van der Waals surface area contributed by atoms with Gasteiger partial charge in [-0.2, -0.15) is 0 Å². The second kappa shape index (κ2) is 14.0. The average molecular weight is 608 g/mol. The third kappa shape index (κ3) is 8.26. The summed E-state index contributed by atoms with van der Waals surface area (Å²) in [5.74, 6) is 0.155. The van der Waals surface area contributed by atoms with Crippen LogP contribution in [0.2, 0.25) is 0 Å². The molecule has 1 unspecified atom stereocenters. The Bertz CT molecular complexity index is 1600. The van der Waals surface area contributed by atoms with E-state index in [0.29, 0.717) is 0 Å². The number of allylic oxidation sites excluding steroid dienone is 5. The lowest BCUT2D eigenvalue weighted by Crippen LogP contribution is -2.20. The molecule has 0 aliphatic heterocycles. The standard InChI is InChI=1S/C45H53N/c1-12-33(42(45(9,10)11)36-21-19-35(20-22-36)34-17-15-14-16-18-34)23-28-39(13-2)46(40-29-24-37(25-30-40)43(3,4)5)41-31-26-38(27-32-41)44(6,7)8/h12-32,42H,1-2H2,3-11H3/b33-23+,39-28+. The van der Waals surface area contributed by atoms with Crippen LogP contribution in [0.5, 0.6) is 0 Å². The van der Waals surface area contributed by atoms with Gasteiger partial charge in [-0.25, -0.2) is 0 Å². The zero-order chi connectivity index (χ0) is 33.7. The Labute approximate surface area is 279 Å². The van der Waals surface area contributed by atoms with E-state index < -0.39 is 0 Å². The molecule has 0 bridgehead atoms. The van der Waals surface area contributed by atoms with E-state index in [-0.39, 0.29) is 22.2 Å². The van der Waals surface area contributed by atoms with Gasteiger partial charge < -0.3 is 4.90 Å². The summed E-state index contributed by atoms with van der Waals surface area (Å²) in [5.41, 5.74) is 10.8. The molecule has 1 nitrogen and oxygen atoms in total. The van der Waals surface area contributed by atoms with Gasteiger partial charge in [0.15, 0.2) is 0 Å². The van der Waals surface area contributed by atoms with Gasteiger partial charge in [0, 0.05) is 23.0 Å². The SMILES string of the molecule is C=C/C(=C\C=C(/C=C)N(c1ccc(C(C)(C)C)cc1)c1ccc(C(C)(C)C)cc1)C(c1ccc(-c2ccccc2)cc1)C(C)(C)C. The maximum absolute atomic E-state index is 4.28. The largest absolute Gasteiger partial charge is 0.311 e. The Balaban J connectivity index is 1.80. The van der Waals surface area contributed by atoms with Crippen LogP contribution in [0.4, 0.5) is 11.4 Å². The first-order chi connectivity index (χ1) is 21.6. The Morgan fingerprint density at radius 3 is 1.39 bits per heavy atom. The van der Waals surface area contributed by atoms with Crippen molar-refractivity contribution in [2.24, 2.45) is 5.41 Å². The molecule has 0 radical (unpaired) electrons. The first-order valence-electron chi connectivity index (χ1n) is 16.5. The van der Waals surface area contributed by atoms with E-state index in [4.69, 9.17) is 0 Å². The minimum absolute atomic E-state index is 0.0261. The molecular weight excluding hydrogens is 555 g/mol. The molecule has 0 saturated heterocycles. The van der Waals surface area contributed by atoms with E-state index in [1.54, 1.807) is 0 Å². The summed E-state index contributed by atoms with van der Waals surface area (Å²) in [6, 6.07) is 37.4. The molecule has 0 heterocycles. The minimum atomic E-state index is -0.0261. The average Bonchev–Trinajstić information content (AvgIpc) is 3.01. The summed E-state index contributed by atoms with van der Waals surface area (Å²) >= 11 is 0. The molecular formula is C45H53N. The molecule has 0 aliphatic rings.